The average Bonchev–Trinajstić information content (AvgIpc) is 2.99. The van der Waals surface area contributed by atoms with Crippen LogP contribution < -0.4 is 10.6 Å². The largest absolute Gasteiger partial charge is 0.465 e. The van der Waals surface area contributed by atoms with Crippen LogP contribution in [-0.2, 0) is 28.8 Å². The number of esters is 1. The van der Waals surface area contributed by atoms with E-state index in [4.69, 9.17) is 17.0 Å². The molecule has 3 rings (SSSR count). The average molecular weight is 389 g/mol. The number of amides is 1. The Bertz CT molecular complexity index is 831. The van der Waals surface area contributed by atoms with Gasteiger partial charge in [-0.05, 0) is 49.0 Å². The second kappa shape index (κ2) is 8.42. The highest BCUT2D eigenvalue weighted by atomic mass is 32.1. The molecule has 7 heteroatoms. The first kappa shape index (κ1) is 18.5. The van der Waals surface area contributed by atoms with Crippen molar-refractivity contribution in [3.8, 4) is 0 Å². The van der Waals surface area contributed by atoms with Gasteiger partial charge < -0.3 is 15.4 Å². The van der Waals surface area contributed by atoms with Crippen LogP contribution in [0.3, 0.4) is 0 Å². The van der Waals surface area contributed by atoms with Crippen molar-refractivity contribution in [1.82, 2.24) is 5.32 Å². The van der Waals surface area contributed by atoms with E-state index in [-0.39, 0.29) is 23.4 Å². The summed E-state index contributed by atoms with van der Waals surface area (Å²) in [6, 6.07) is 9.45. The van der Waals surface area contributed by atoms with Crippen molar-refractivity contribution in [2.24, 2.45) is 0 Å². The second-order valence-corrected chi connectivity index (χ2v) is 7.58. The first-order valence-electron chi connectivity index (χ1n) is 8.46. The van der Waals surface area contributed by atoms with Crippen molar-refractivity contribution in [1.29, 1.82) is 0 Å². The molecule has 1 aromatic carbocycles. The lowest BCUT2D eigenvalue weighted by molar-refractivity contribution is -0.119. The fourth-order valence-electron chi connectivity index (χ4n) is 3.06. The van der Waals surface area contributed by atoms with E-state index in [2.05, 4.69) is 10.6 Å². The Morgan fingerprint density at radius 3 is 2.65 bits per heavy atom. The van der Waals surface area contributed by atoms with E-state index in [0.717, 1.165) is 36.8 Å². The number of nitrogens with one attached hydrogen (secondary N) is 2. The lowest BCUT2D eigenvalue weighted by atomic mass is 9.95. The summed E-state index contributed by atoms with van der Waals surface area (Å²) in [5.74, 6) is -0.569. The maximum absolute atomic E-state index is 12.2. The molecule has 136 valence electrons. The van der Waals surface area contributed by atoms with Gasteiger partial charge in [-0.25, -0.2) is 4.79 Å². The Morgan fingerprint density at radius 1 is 1.19 bits per heavy atom. The maximum Gasteiger partial charge on any atom is 0.341 e. The van der Waals surface area contributed by atoms with E-state index in [0.29, 0.717) is 10.6 Å². The first-order chi connectivity index (χ1) is 12.6. The minimum Gasteiger partial charge on any atom is -0.465 e. The molecule has 0 saturated carbocycles. The van der Waals surface area contributed by atoms with E-state index < -0.39 is 0 Å². The molecule has 0 spiro atoms. The molecule has 0 atom stereocenters. The summed E-state index contributed by atoms with van der Waals surface area (Å²) in [5.41, 5.74) is 2.51. The lowest BCUT2D eigenvalue weighted by Crippen LogP contribution is -2.35. The molecule has 1 aliphatic rings. The molecule has 1 aromatic heterocycles. The summed E-state index contributed by atoms with van der Waals surface area (Å²) in [6.07, 6.45) is 4.24. The first-order valence-corrected chi connectivity index (χ1v) is 9.68. The lowest BCUT2D eigenvalue weighted by Gasteiger charge is -2.12. The van der Waals surface area contributed by atoms with E-state index in [1.165, 1.54) is 23.3 Å². The van der Waals surface area contributed by atoms with Crippen LogP contribution in [0.5, 0.6) is 0 Å². The molecule has 0 unspecified atom stereocenters. The molecule has 26 heavy (non-hydrogen) atoms. The topological polar surface area (TPSA) is 67.4 Å². The Labute approximate surface area is 161 Å². The van der Waals surface area contributed by atoms with Gasteiger partial charge in [0.25, 0.3) is 0 Å². The van der Waals surface area contributed by atoms with Crippen LogP contribution in [0.15, 0.2) is 30.3 Å². The molecule has 1 aliphatic carbocycles. The number of thiophene rings is 1. The zero-order chi connectivity index (χ0) is 18.5. The number of fused-ring (bicyclic) bond motifs is 1. The highest BCUT2D eigenvalue weighted by Gasteiger charge is 2.26. The van der Waals surface area contributed by atoms with Gasteiger partial charge in [0.1, 0.15) is 5.00 Å². The summed E-state index contributed by atoms with van der Waals surface area (Å²) >= 11 is 6.78. The van der Waals surface area contributed by atoms with E-state index >= 15 is 0 Å². The third-order valence-corrected chi connectivity index (χ3v) is 5.66. The van der Waals surface area contributed by atoms with Gasteiger partial charge in [0, 0.05) is 4.88 Å². The van der Waals surface area contributed by atoms with Crippen LogP contribution in [0.1, 0.15) is 39.2 Å². The molecule has 1 amide bonds. The van der Waals surface area contributed by atoms with Crippen LogP contribution >= 0.6 is 23.6 Å². The molecule has 0 saturated heterocycles. The van der Waals surface area contributed by atoms with E-state index in [1.807, 2.05) is 30.3 Å². The number of carbonyl (C=O) groups is 2. The number of hydrogen-bond acceptors (Lipinski definition) is 5. The van der Waals surface area contributed by atoms with Gasteiger partial charge >= 0.3 is 5.97 Å². The van der Waals surface area contributed by atoms with Crippen LogP contribution in [0.25, 0.3) is 0 Å². The molecule has 2 aromatic rings. The van der Waals surface area contributed by atoms with Gasteiger partial charge in [0.15, 0.2) is 5.11 Å². The Kier molecular flexibility index (Phi) is 6.00. The quantitative estimate of drug-likeness (QED) is 0.620. The molecular formula is C19H20N2O3S2. The molecule has 0 bridgehead atoms. The standard InChI is InChI=1S/C19H20N2O3S2/c1-24-18(23)16-13-9-5-6-10-14(13)26-17(16)21-19(25)20-15(22)11-12-7-3-2-4-8-12/h2-4,7-8H,5-6,9-11H2,1H3,(H2,20,21,22,25). The summed E-state index contributed by atoms with van der Waals surface area (Å²) in [5, 5.41) is 6.53. The third-order valence-electron chi connectivity index (χ3n) is 4.25. The summed E-state index contributed by atoms with van der Waals surface area (Å²) < 4.78 is 4.94. The number of aryl methyl sites for hydroxylation is 1. The minimum atomic E-state index is -0.370. The third kappa shape index (κ3) is 4.28. The van der Waals surface area contributed by atoms with Crippen LogP contribution in [0, 0.1) is 0 Å². The van der Waals surface area contributed by atoms with Crippen LogP contribution in [0.4, 0.5) is 5.00 Å². The van der Waals surface area contributed by atoms with Crippen molar-refractivity contribution >= 4 is 45.5 Å². The molecular weight excluding hydrogens is 368 g/mol. The minimum absolute atomic E-state index is 0.190. The van der Waals surface area contributed by atoms with Crippen molar-refractivity contribution in [3.63, 3.8) is 0 Å². The highest BCUT2D eigenvalue weighted by molar-refractivity contribution is 7.80. The predicted octanol–water partition coefficient (Wildman–Crippen LogP) is 3.47. The monoisotopic (exact) mass is 388 g/mol. The van der Waals surface area contributed by atoms with Gasteiger partial charge in [-0.1, -0.05) is 30.3 Å². The Balaban J connectivity index is 1.70. The number of hydrogen-bond donors (Lipinski definition) is 2. The molecule has 1 heterocycles. The van der Waals surface area contributed by atoms with Crippen molar-refractivity contribution < 1.29 is 14.3 Å². The van der Waals surface area contributed by atoms with E-state index in [1.54, 1.807) is 0 Å². The zero-order valence-electron chi connectivity index (χ0n) is 14.5. The van der Waals surface area contributed by atoms with E-state index in [9.17, 15) is 9.59 Å². The second-order valence-electron chi connectivity index (χ2n) is 6.07. The summed E-state index contributed by atoms with van der Waals surface area (Å²) in [7, 11) is 1.37. The highest BCUT2D eigenvalue weighted by Crippen LogP contribution is 2.38. The van der Waals surface area contributed by atoms with Crippen molar-refractivity contribution in [2.75, 3.05) is 12.4 Å². The Hall–Kier alpha value is -2.25. The smallest absolute Gasteiger partial charge is 0.341 e. The number of benzene rings is 1. The summed E-state index contributed by atoms with van der Waals surface area (Å²) in [6.45, 7) is 0. The number of methoxy groups -OCH3 is 1. The molecule has 0 aliphatic heterocycles. The Morgan fingerprint density at radius 2 is 1.92 bits per heavy atom. The number of ether oxygens (including phenoxy) is 1. The van der Waals surface area contributed by atoms with Crippen molar-refractivity contribution in [3.05, 3.63) is 51.9 Å². The summed E-state index contributed by atoms with van der Waals surface area (Å²) in [4.78, 5) is 25.6. The van der Waals surface area contributed by atoms with Crippen LogP contribution in [-0.4, -0.2) is 24.1 Å². The zero-order valence-corrected chi connectivity index (χ0v) is 16.1. The van der Waals surface area contributed by atoms with Gasteiger partial charge in [0.2, 0.25) is 5.91 Å². The van der Waals surface area contributed by atoms with Gasteiger partial charge in [-0.3, -0.25) is 4.79 Å². The number of rotatable bonds is 4. The number of anilines is 1. The SMILES string of the molecule is COC(=O)c1c(NC(=S)NC(=O)Cc2ccccc2)sc2c1CCCC2. The van der Waals surface area contributed by atoms with Gasteiger partial charge in [-0.2, -0.15) is 0 Å². The predicted molar refractivity (Wildman–Crippen MR) is 107 cm³/mol. The molecule has 0 fully saturated rings. The van der Waals surface area contributed by atoms with Crippen LogP contribution in [0.2, 0.25) is 0 Å². The molecule has 2 N–H and O–H groups in total. The fourth-order valence-corrected chi connectivity index (χ4v) is 4.62. The number of carbonyl (C=O) groups excluding carboxylic acids is 2. The van der Waals surface area contributed by atoms with Crippen molar-refractivity contribution in [2.45, 2.75) is 32.1 Å². The molecule has 0 radical (unpaired) electrons. The fraction of sp³-hybridized carbons (Fsp3) is 0.316. The van der Waals surface area contributed by atoms with Gasteiger partial charge in [-0.15, -0.1) is 11.3 Å². The maximum atomic E-state index is 12.2. The van der Waals surface area contributed by atoms with Gasteiger partial charge in [0.05, 0.1) is 19.1 Å². The number of thiocarbonyl (C=S) groups is 1. The molecule has 5 nitrogen and oxygen atoms in total. The normalized spacial score (nSPS) is 12.8.